The number of carbonyl (C=O) groups excluding carboxylic acids is 1. The second-order valence-electron chi connectivity index (χ2n) is 6.56. The van der Waals surface area contributed by atoms with Crippen molar-refractivity contribution in [3.63, 3.8) is 0 Å². The third kappa shape index (κ3) is 3.94. The maximum Gasteiger partial charge on any atom is 0.315 e. The lowest BCUT2D eigenvalue weighted by molar-refractivity contribution is 0.229. The van der Waals surface area contributed by atoms with E-state index < -0.39 is 10.8 Å². The van der Waals surface area contributed by atoms with E-state index in [1.54, 1.807) is 0 Å². The molecule has 0 aromatic heterocycles. The fourth-order valence-corrected chi connectivity index (χ4v) is 5.19. The Bertz CT molecular complexity index is 590. The molecule has 4 nitrogen and oxygen atoms in total. The number of hydrogen-bond acceptors (Lipinski definition) is 2. The Hall–Kier alpha value is -1.36. The quantitative estimate of drug-likeness (QED) is 0.889. The van der Waals surface area contributed by atoms with Gasteiger partial charge in [-0.3, -0.25) is 4.21 Å². The molecule has 0 saturated heterocycles. The molecule has 0 bridgehead atoms. The summed E-state index contributed by atoms with van der Waals surface area (Å²) in [6.07, 6.45) is 5.91. The van der Waals surface area contributed by atoms with Crippen molar-refractivity contribution in [1.82, 2.24) is 10.6 Å². The maximum absolute atomic E-state index is 12.3. The molecular formula is C18H26N2O2S. The molecule has 2 N–H and O–H groups in total. The maximum atomic E-state index is 12.3. The first-order valence-corrected chi connectivity index (χ1v) is 10.1. The van der Waals surface area contributed by atoms with E-state index in [-0.39, 0.29) is 23.4 Å². The number of nitrogens with one attached hydrogen (secondary N) is 2. The van der Waals surface area contributed by atoms with Crippen LogP contribution in [0.2, 0.25) is 0 Å². The standard InChI is InChI=1S/C18H26N2O2S/c1-2-23(22)15-8-5-7-14(12-15)19-18(21)20-17-11-10-13-6-3-4-9-16(13)17/h3-4,6,9,14-15,17H,2,5,7-8,10-12H2,1H3,(H2,19,20,21)/t14-,15+,17+,23+/m0/s1. The zero-order chi connectivity index (χ0) is 16.2. The predicted octanol–water partition coefficient (Wildman–Crippen LogP) is 3.05. The van der Waals surface area contributed by atoms with Gasteiger partial charge in [-0.25, -0.2) is 4.79 Å². The Morgan fingerprint density at radius 2 is 2.04 bits per heavy atom. The molecule has 0 radical (unpaired) electrons. The van der Waals surface area contributed by atoms with Gasteiger partial charge in [-0.2, -0.15) is 0 Å². The van der Waals surface area contributed by atoms with Crippen molar-refractivity contribution in [2.45, 2.75) is 62.8 Å². The van der Waals surface area contributed by atoms with Gasteiger partial charge < -0.3 is 10.6 Å². The predicted molar refractivity (Wildman–Crippen MR) is 93.9 cm³/mol. The smallest absolute Gasteiger partial charge is 0.315 e. The summed E-state index contributed by atoms with van der Waals surface area (Å²) < 4.78 is 12.0. The molecule has 23 heavy (non-hydrogen) atoms. The normalized spacial score (nSPS) is 28.0. The Morgan fingerprint density at radius 1 is 1.22 bits per heavy atom. The summed E-state index contributed by atoms with van der Waals surface area (Å²) in [5.74, 6) is 0.711. The van der Waals surface area contributed by atoms with Crippen LogP contribution in [0.1, 0.15) is 56.2 Å². The number of carbonyl (C=O) groups is 1. The van der Waals surface area contributed by atoms with Gasteiger partial charge in [-0.15, -0.1) is 0 Å². The van der Waals surface area contributed by atoms with Crippen LogP contribution in [0.4, 0.5) is 4.79 Å². The van der Waals surface area contributed by atoms with Crippen molar-refractivity contribution in [2.24, 2.45) is 0 Å². The van der Waals surface area contributed by atoms with Crippen LogP contribution in [0.15, 0.2) is 24.3 Å². The fourth-order valence-electron chi connectivity index (χ4n) is 3.84. The van der Waals surface area contributed by atoms with Crippen molar-refractivity contribution in [3.05, 3.63) is 35.4 Å². The summed E-state index contributed by atoms with van der Waals surface area (Å²) in [6, 6.07) is 8.52. The van der Waals surface area contributed by atoms with Crippen LogP contribution in [-0.4, -0.2) is 27.3 Å². The lowest BCUT2D eigenvalue weighted by Gasteiger charge is -2.29. The van der Waals surface area contributed by atoms with Crippen LogP contribution >= 0.6 is 0 Å². The molecule has 0 unspecified atom stereocenters. The first-order chi connectivity index (χ1) is 11.2. The minimum absolute atomic E-state index is 0.0837. The molecule has 0 spiro atoms. The first-order valence-electron chi connectivity index (χ1n) is 8.69. The molecule has 4 atom stereocenters. The average molecular weight is 334 g/mol. The zero-order valence-electron chi connectivity index (χ0n) is 13.7. The molecule has 5 heteroatoms. The van der Waals surface area contributed by atoms with Crippen molar-refractivity contribution >= 4 is 16.8 Å². The Morgan fingerprint density at radius 3 is 2.87 bits per heavy atom. The SMILES string of the molecule is CC[S@@](=O)[C@@H]1CCC[C@H](NC(=O)N[C@@H]2CCc3ccccc32)C1. The minimum atomic E-state index is -0.754. The van der Waals surface area contributed by atoms with Crippen LogP contribution in [0.3, 0.4) is 0 Å². The summed E-state index contributed by atoms with van der Waals surface area (Å²) in [6.45, 7) is 1.97. The van der Waals surface area contributed by atoms with Crippen molar-refractivity contribution in [2.75, 3.05) is 5.75 Å². The molecular weight excluding hydrogens is 308 g/mol. The van der Waals surface area contributed by atoms with Gasteiger partial charge in [0.1, 0.15) is 0 Å². The monoisotopic (exact) mass is 334 g/mol. The lowest BCUT2D eigenvalue weighted by Crippen LogP contribution is -2.46. The molecule has 2 aliphatic rings. The van der Waals surface area contributed by atoms with Gasteiger partial charge in [0.2, 0.25) is 0 Å². The number of rotatable bonds is 4. The molecule has 0 aliphatic heterocycles. The number of hydrogen-bond donors (Lipinski definition) is 2. The highest BCUT2D eigenvalue weighted by atomic mass is 32.2. The van der Waals surface area contributed by atoms with E-state index in [2.05, 4.69) is 28.8 Å². The van der Waals surface area contributed by atoms with Gasteiger partial charge in [0.05, 0.1) is 6.04 Å². The molecule has 3 rings (SSSR count). The van der Waals surface area contributed by atoms with E-state index in [0.29, 0.717) is 5.75 Å². The van der Waals surface area contributed by atoms with E-state index in [4.69, 9.17) is 0 Å². The van der Waals surface area contributed by atoms with Gasteiger partial charge in [0.15, 0.2) is 0 Å². The number of benzene rings is 1. The molecule has 1 aromatic rings. The average Bonchev–Trinajstić information content (AvgIpc) is 2.97. The molecule has 1 saturated carbocycles. The molecule has 2 aliphatic carbocycles. The van der Waals surface area contributed by atoms with E-state index in [0.717, 1.165) is 38.5 Å². The molecule has 1 fully saturated rings. The molecule has 0 heterocycles. The van der Waals surface area contributed by atoms with Gasteiger partial charge >= 0.3 is 6.03 Å². The van der Waals surface area contributed by atoms with Crippen LogP contribution in [0.25, 0.3) is 0 Å². The molecule has 1 aromatic carbocycles. The highest BCUT2D eigenvalue weighted by Crippen LogP contribution is 2.30. The summed E-state index contributed by atoms with van der Waals surface area (Å²) in [4.78, 5) is 12.3. The van der Waals surface area contributed by atoms with E-state index >= 15 is 0 Å². The Labute approximate surface area is 140 Å². The van der Waals surface area contributed by atoms with Crippen LogP contribution < -0.4 is 10.6 Å². The van der Waals surface area contributed by atoms with E-state index in [1.165, 1.54) is 11.1 Å². The van der Waals surface area contributed by atoms with Crippen molar-refractivity contribution in [1.29, 1.82) is 0 Å². The highest BCUT2D eigenvalue weighted by Gasteiger charge is 2.28. The number of urea groups is 1. The van der Waals surface area contributed by atoms with Crippen molar-refractivity contribution < 1.29 is 9.00 Å². The number of fused-ring (bicyclic) bond motifs is 1. The minimum Gasteiger partial charge on any atom is -0.335 e. The molecule has 2 amide bonds. The number of amides is 2. The third-order valence-corrected chi connectivity index (χ3v) is 6.80. The Balaban J connectivity index is 1.53. The lowest BCUT2D eigenvalue weighted by atomic mass is 9.95. The van der Waals surface area contributed by atoms with E-state index in [1.807, 2.05) is 13.0 Å². The highest BCUT2D eigenvalue weighted by molar-refractivity contribution is 7.85. The van der Waals surface area contributed by atoms with Crippen molar-refractivity contribution in [3.8, 4) is 0 Å². The second kappa shape index (κ2) is 7.47. The van der Waals surface area contributed by atoms with Crippen LogP contribution in [-0.2, 0) is 17.2 Å². The molecule has 126 valence electrons. The third-order valence-electron chi connectivity index (χ3n) is 5.06. The van der Waals surface area contributed by atoms with Gasteiger partial charge in [0.25, 0.3) is 0 Å². The summed E-state index contributed by atoms with van der Waals surface area (Å²) in [5, 5.41) is 6.46. The number of aryl methyl sites for hydroxylation is 1. The Kier molecular flexibility index (Phi) is 5.36. The zero-order valence-corrected chi connectivity index (χ0v) is 14.5. The summed E-state index contributed by atoms with van der Waals surface area (Å²) in [5.41, 5.74) is 2.59. The summed E-state index contributed by atoms with van der Waals surface area (Å²) >= 11 is 0. The topological polar surface area (TPSA) is 58.2 Å². The van der Waals surface area contributed by atoms with E-state index in [9.17, 15) is 9.00 Å². The first kappa shape index (κ1) is 16.5. The summed E-state index contributed by atoms with van der Waals surface area (Å²) in [7, 11) is -0.754. The van der Waals surface area contributed by atoms with Crippen LogP contribution in [0.5, 0.6) is 0 Å². The fraction of sp³-hybridized carbons (Fsp3) is 0.611. The van der Waals surface area contributed by atoms with Gasteiger partial charge in [0, 0.05) is 27.8 Å². The van der Waals surface area contributed by atoms with Crippen LogP contribution in [0, 0.1) is 0 Å². The van der Waals surface area contributed by atoms with Gasteiger partial charge in [-0.05, 0) is 43.2 Å². The largest absolute Gasteiger partial charge is 0.335 e. The second-order valence-corrected chi connectivity index (χ2v) is 8.57. The van der Waals surface area contributed by atoms with Gasteiger partial charge in [-0.1, -0.05) is 37.6 Å².